The average molecular weight is 238 g/mol. The second kappa shape index (κ2) is 4.61. The molecule has 0 spiro atoms. The molecule has 0 bridgehead atoms. The van der Waals surface area contributed by atoms with E-state index in [4.69, 9.17) is 0 Å². The molecular weight excluding hydrogens is 224 g/mol. The second-order valence-corrected chi connectivity index (χ2v) is 4.52. The molecule has 0 fully saturated rings. The molecular formula is C15H14N2O. The SMILES string of the molecule is O=C1Nc2ccccc2CC[C@H]1c1cccnc1. The summed E-state index contributed by atoms with van der Waals surface area (Å²) in [7, 11) is 0. The zero-order valence-corrected chi connectivity index (χ0v) is 9.97. The van der Waals surface area contributed by atoms with Gasteiger partial charge in [0.25, 0.3) is 0 Å². The third-order valence-corrected chi connectivity index (χ3v) is 3.38. The number of amides is 1. The van der Waals surface area contributed by atoms with Crippen LogP contribution >= 0.6 is 0 Å². The van der Waals surface area contributed by atoms with Crippen LogP contribution in [-0.2, 0) is 11.2 Å². The number of fused-ring (bicyclic) bond motifs is 1. The number of rotatable bonds is 1. The van der Waals surface area contributed by atoms with Crippen LogP contribution in [0.2, 0.25) is 0 Å². The smallest absolute Gasteiger partial charge is 0.231 e. The van der Waals surface area contributed by atoms with Gasteiger partial charge in [-0.3, -0.25) is 9.78 Å². The normalized spacial score (nSPS) is 18.7. The van der Waals surface area contributed by atoms with Gasteiger partial charge in [0.05, 0.1) is 5.92 Å². The molecule has 1 N–H and O–H groups in total. The van der Waals surface area contributed by atoms with Crippen molar-refractivity contribution in [2.45, 2.75) is 18.8 Å². The van der Waals surface area contributed by atoms with Crippen LogP contribution in [0.4, 0.5) is 5.69 Å². The van der Waals surface area contributed by atoms with Gasteiger partial charge in [-0.25, -0.2) is 0 Å². The predicted octanol–water partition coefficient (Wildman–Crippen LogP) is 2.75. The first-order chi connectivity index (χ1) is 8.84. The van der Waals surface area contributed by atoms with Crippen LogP contribution < -0.4 is 5.32 Å². The van der Waals surface area contributed by atoms with Gasteiger partial charge in [0.2, 0.25) is 5.91 Å². The Kier molecular flexibility index (Phi) is 2.81. The largest absolute Gasteiger partial charge is 0.325 e. The molecule has 1 aliphatic rings. The number of benzene rings is 1. The van der Waals surface area contributed by atoms with Crippen molar-refractivity contribution >= 4 is 11.6 Å². The fraction of sp³-hybridized carbons (Fsp3) is 0.200. The van der Waals surface area contributed by atoms with Crippen LogP contribution in [0.25, 0.3) is 0 Å². The Labute approximate surface area is 106 Å². The highest BCUT2D eigenvalue weighted by atomic mass is 16.1. The quantitative estimate of drug-likeness (QED) is 0.830. The molecule has 0 unspecified atom stereocenters. The molecule has 3 rings (SSSR count). The van der Waals surface area contributed by atoms with Crippen molar-refractivity contribution in [1.82, 2.24) is 4.98 Å². The van der Waals surface area contributed by atoms with Crippen LogP contribution in [-0.4, -0.2) is 10.9 Å². The number of hydrogen-bond acceptors (Lipinski definition) is 2. The lowest BCUT2D eigenvalue weighted by Crippen LogP contribution is -2.19. The van der Waals surface area contributed by atoms with Crippen molar-refractivity contribution in [3.63, 3.8) is 0 Å². The van der Waals surface area contributed by atoms with Gasteiger partial charge in [-0.1, -0.05) is 24.3 Å². The van der Waals surface area contributed by atoms with Gasteiger partial charge in [-0.05, 0) is 36.1 Å². The summed E-state index contributed by atoms with van der Waals surface area (Å²) in [5.41, 5.74) is 3.13. The van der Waals surface area contributed by atoms with Crippen LogP contribution in [0.5, 0.6) is 0 Å². The van der Waals surface area contributed by atoms with Crippen molar-refractivity contribution in [3.8, 4) is 0 Å². The first kappa shape index (κ1) is 11.0. The van der Waals surface area contributed by atoms with Crippen molar-refractivity contribution in [3.05, 3.63) is 59.9 Å². The monoisotopic (exact) mass is 238 g/mol. The molecule has 1 atom stereocenters. The third kappa shape index (κ3) is 1.99. The minimum Gasteiger partial charge on any atom is -0.325 e. The number of aromatic nitrogens is 1. The van der Waals surface area contributed by atoms with E-state index in [2.05, 4.69) is 16.4 Å². The maximum absolute atomic E-state index is 12.2. The number of aryl methyl sites for hydroxylation is 1. The minimum atomic E-state index is -0.105. The molecule has 3 heteroatoms. The number of para-hydroxylation sites is 1. The molecule has 0 saturated carbocycles. The van der Waals surface area contributed by atoms with E-state index < -0.39 is 0 Å². The van der Waals surface area contributed by atoms with E-state index in [1.807, 2.05) is 30.3 Å². The summed E-state index contributed by atoms with van der Waals surface area (Å²) in [5.74, 6) is -0.0425. The fourth-order valence-corrected chi connectivity index (χ4v) is 2.41. The van der Waals surface area contributed by atoms with Gasteiger partial charge >= 0.3 is 0 Å². The number of carbonyl (C=O) groups excluding carboxylic acids is 1. The van der Waals surface area contributed by atoms with Gasteiger partial charge < -0.3 is 5.32 Å². The molecule has 0 radical (unpaired) electrons. The summed E-state index contributed by atoms with van der Waals surface area (Å²) in [5, 5.41) is 3.00. The van der Waals surface area contributed by atoms with Gasteiger partial charge in [-0.2, -0.15) is 0 Å². The zero-order chi connectivity index (χ0) is 12.4. The van der Waals surface area contributed by atoms with Gasteiger partial charge in [0.15, 0.2) is 0 Å². The molecule has 0 aliphatic carbocycles. The van der Waals surface area contributed by atoms with E-state index in [-0.39, 0.29) is 11.8 Å². The van der Waals surface area contributed by atoms with E-state index in [0.29, 0.717) is 0 Å². The molecule has 1 aromatic carbocycles. The molecule has 0 saturated heterocycles. The standard InChI is InChI=1S/C15H14N2O/c18-15-13(12-5-3-9-16-10-12)8-7-11-4-1-2-6-14(11)17-15/h1-6,9-10,13H,7-8H2,(H,17,18)/t13-/m0/s1. The average Bonchev–Trinajstić information content (AvgIpc) is 2.58. The summed E-state index contributed by atoms with van der Waals surface area (Å²) < 4.78 is 0. The number of anilines is 1. The number of hydrogen-bond donors (Lipinski definition) is 1. The molecule has 1 amide bonds. The predicted molar refractivity (Wildman–Crippen MR) is 70.4 cm³/mol. The fourth-order valence-electron chi connectivity index (χ4n) is 2.41. The lowest BCUT2D eigenvalue weighted by molar-refractivity contribution is -0.117. The Hall–Kier alpha value is -2.16. The molecule has 2 heterocycles. The minimum absolute atomic E-state index is 0.0629. The lowest BCUT2D eigenvalue weighted by Gasteiger charge is -2.12. The first-order valence-corrected chi connectivity index (χ1v) is 6.13. The Morgan fingerprint density at radius 1 is 1.17 bits per heavy atom. The van der Waals surface area contributed by atoms with Crippen LogP contribution in [0.15, 0.2) is 48.8 Å². The van der Waals surface area contributed by atoms with E-state index in [1.54, 1.807) is 12.4 Å². The van der Waals surface area contributed by atoms with Gasteiger partial charge in [-0.15, -0.1) is 0 Å². The molecule has 1 aromatic heterocycles. The third-order valence-electron chi connectivity index (χ3n) is 3.38. The maximum atomic E-state index is 12.2. The highest BCUT2D eigenvalue weighted by Crippen LogP contribution is 2.29. The highest BCUT2D eigenvalue weighted by molar-refractivity contribution is 5.97. The molecule has 18 heavy (non-hydrogen) atoms. The van der Waals surface area contributed by atoms with E-state index >= 15 is 0 Å². The summed E-state index contributed by atoms with van der Waals surface area (Å²) in [4.78, 5) is 16.3. The topological polar surface area (TPSA) is 42.0 Å². The summed E-state index contributed by atoms with van der Waals surface area (Å²) in [6, 6.07) is 11.8. The second-order valence-electron chi connectivity index (χ2n) is 4.52. The van der Waals surface area contributed by atoms with E-state index in [9.17, 15) is 4.79 Å². The Bertz CT molecular complexity index is 566. The van der Waals surface area contributed by atoms with Crippen LogP contribution in [0, 0.1) is 0 Å². The molecule has 90 valence electrons. The van der Waals surface area contributed by atoms with E-state index in [1.165, 1.54) is 5.56 Å². The van der Waals surface area contributed by atoms with E-state index in [0.717, 1.165) is 24.1 Å². The highest BCUT2D eigenvalue weighted by Gasteiger charge is 2.24. The summed E-state index contributed by atoms with van der Waals surface area (Å²) in [6.07, 6.45) is 5.25. The lowest BCUT2D eigenvalue weighted by atomic mass is 9.94. The van der Waals surface area contributed by atoms with Crippen molar-refractivity contribution in [2.75, 3.05) is 5.32 Å². The molecule has 2 aromatic rings. The first-order valence-electron chi connectivity index (χ1n) is 6.13. The van der Waals surface area contributed by atoms with Crippen molar-refractivity contribution in [2.24, 2.45) is 0 Å². The summed E-state index contributed by atoms with van der Waals surface area (Å²) in [6.45, 7) is 0. The van der Waals surface area contributed by atoms with Crippen molar-refractivity contribution in [1.29, 1.82) is 0 Å². The zero-order valence-electron chi connectivity index (χ0n) is 9.97. The number of carbonyl (C=O) groups is 1. The Morgan fingerprint density at radius 3 is 2.89 bits per heavy atom. The number of pyridine rings is 1. The Balaban J connectivity index is 1.92. The number of nitrogens with zero attached hydrogens (tertiary/aromatic N) is 1. The summed E-state index contributed by atoms with van der Waals surface area (Å²) >= 11 is 0. The van der Waals surface area contributed by atoms with Crippen LogP contribution in [0.1, 0.15) is 23.5 Å². The molecule has 3 nitrogen and oxygen atoms in total. The van der Waals surface area contributed by atoms with Crippen LogP contribution in [0.3, 0.4) is 0 Å². The Morgan fingerprint density at radius 2 is 2.06 bits per heavy atom. The molecule has 1 aliphatic heterocycles. The van der Waals surface area contributed by atoms with Gasteiger partial charge in [0, 0.05) is 18.1 Å². The van der Waals surface area contributed by atoms with Gasteiger partial charge in [0.1, 0.15) is 0 Å². The number of nitrogens with one attached hydrogen (secondary N) is 1. The van der Waals surface area contributed by atoms with Crippen molar-refractivity contribution < 1.29 is 4.79 Å². The maximum Gasteiger partial charge on any atom is 0.231 e.